The lowest BCUT2D eigenvalue weighted by Gasteiger charge is -2.26. The highest BCUT2D eigenvalue weighted by molar-refractivity contribution is 6.30. The van der Waals surface area contributed by atoms with Gasteiger partial charge in [-0.3, -0.25) is 9.69 Å². The number of likely N-dealkylation sites (N-methyl/N-ethyl adjacent to an activating group) is 1. The SMILES string of the molecule is CCN(CC)C(C)CNC(=O)c1cnn(-c2ccc(Cl)cc2)c1C(F)(F)F. The van der Waals surface area contributed by atoms with Crippen molar-refractivity contribution in [1.29, 1.82) is 0 Å². The Hall–Kier alpha value is -2.06. The Morgan fingerprint density at radius 2 is 1.85 bits per heavy atom. The van der Waals surface area contributed by atoms with Gasteiger partial charge in [0, 0.05) is 17.6 Å². The molecule has 2 aromatic rings. The van der Waals surface area contributed by atoms with Crippen molar-refractivity contribution in [3.05, 3.63) is 46.7 Å². The molecule has 1 aromatic heterocycles. The van der Waals surface area contributed by atoms with Crippen molar-refractivity contribution in [1.82, 2.24) is 20.0 Å². The molecule has 1 atom stereocenters. The molecule has 1 amide bonds. The van der Waals surface area contributed by atoms with E-state index in [2.05, 4.69) is 15.3 Å². The molecule has 27 heavy (non-hydrogen) atoms. The fraction of sp³-hybridized carbons (Fsp3) is 0.444. The molecule has 0 spiro atoms. The van der Waals surface area contributed by atoms with Crippen LogP contribution in [0.2, 0.25) is 5.02 Å². The van der Waals surface area contributed by atoms with E-state index in [4.69, 9.17) is 11.6 Å². The minimum absolute atomic E-state index is 0.00426. The van der Waals surface area contributed by atoms with Gasteiger partial charge in [0.1, 0.15) is 0 Å². The quantitative estimate of drug-likeness (QED) is 0.761. The van der Waals surface area contributed by atoms with Crippen LogP contribution in [0.5, 0.6) is 0 Å². The van der Waals surface area contributed by atoms with E-state index in [0.29, 0.717) is 9.70 Å². The first-order chi connectivity index (χ1) is 12.7. The molecule has 2 rings (SSSR count). The number of amides is 1. The third-order valence-corrected chi connectivity index (χ3v) is 4.60. The number of rotatable bonds is 7. The summed E-state index contributed by atoms with van der Waals surface area (Å²) < 4.78 is 41.6. The summed E-state index contributed by atoms with van der Waals surface area (Å²) in [5, 5.41) is 6.75. The molecular formula is C18H22ClF3N4O. The zero-order chi connectivity index (χ0) is 20.2. The Labute approximate surface area is 161 Å². The Bertz CT molecular complexity index is 770. The molecule has 5 nitrogen and oxygen atoms in total. The predicted octanol–water partition coefficient (Wildman–Crippen LogP) is 4.00. The summed E-state index contributed by atoms with van der Waals surface area (Å²) in [6.45, 7) is 7.70. The van der Waals surface area contributed by atoms with E-state index >= 15 is 0 Å². The average molecular weight is 403 g/mol. The maximum atomic E-state index is 13.6. The predicted molar refractivity (Wildman–Crippen MR) is 98.3 cm³/mol. The number of carbonyl (C=O) groups excluding carboxylic acids is 1. The van der Waals surface area contributed by atoms with E-state index in [1.165, 1.54) is 24.3 Å². The largest absolute Gasteiger partial charge is 0.434 e. The molecule has 0 radical (unpaired) electrons. The number of carbonyl (C=O) groups is 1. The van der Waals surface area contributed by atoms with Gasteiger partial charge in [-0.15, -0.1) is 0 Å². The maximum Gasteiger partial charge on any atom is 0.434 e. The third-order valence-electron chi connectivity index (χ3n) is 4.35. The van der Waals surface area contributed by atoms with Crippen molar-refractivity contribution in [2.45, 2.75) is 33.0 Å². The van der Waals surface area contributed by atoms with Gasteiger partial charge in [0.25, 0.3) is 5.91 Å². The number of hydrogen-bond donors (Lipinski definition) is 1. The lowest BCUT2D eigenvalue weighted by molar-refractivity contribution is -0.143. The summed E-state index contributed by atoms with van der Waals surface area (Å²) in [7, 11) is 0. The van der Waals surface area contributed by atoms with Crippen molar-refractivity contribution in [3.63, 3.8) is 0 Å². The average Bonchev–Trinajstić information content (AvgIpc) is 3.07. The van der Waals surface area contributed by atoms with Gasteiger partial charge in [0.15, 0.2) is 5.69 Å². The van der Waals surface area contributed by atoms with E-state index in [0.717, 1.165) is 19.3 Å². The summed E-state index contributed by atoms with van der Waals surface area (Å²) in [5.74, 6) is -0.804. The standard InChI is InChI=1S/C18H22ClF3N4O/c1-4-25(5-2)12(3)10-23-17(27)15-11-24-26(16(15)18(20,21)22)14-8-6-13(19)7-9-14/h6-9,11-12H,4-5,10H2,1-3H3,(H,23,27). The van der Waals surface area contributed by atoms with E-state index in [1.54, 1.807) is 0 Å². The molecule has 1 aromatic carbocycles. The Kier molecular flexibility index (Phi) is 6.89. The number of alkyl halides is 3. The summed E-state index contributed by atoms with van der Waals surface area (Å²) in [4.78, 5) is 14.5. The van der Waals surface area contributed by atoms with Crippen molar-refractivity contribution < 1.29 is 18.0 Å². The maximum absolute atomic E-state index is 13.6. The highest BCUT2D eigenvalue weighted by Crippen LogP contribution is 2.33. The van der Waals surface area contributed by atoms with Gasteiger partial charge in [-0.25, -0.2) is 4.68 Å². The minimum Gasteiger partial charge on any atom is -0.350 e. The van der Waals surface area contributed by atoms with Crippen LogP contribution < -0.4 is 5.32 Å². The summed E-state index contributed by atoms with van der Waals surface area (Å²) >= 11 is 5.78. The van der Waals surface area contributed by atoms with Gasteiger partial charge in [0.2, 0.25) is 0 Å². The zero-order valence-electron chi connectivity index (χ0n) is 15.3. The first-order valence-electron chi connectivity index (χ1n) is 8.62. The Balaban J connectivity index is 2.29. The van der Waals surface area contributed by atoms with Crippen LogP contribution in [0.25, 0.3) is 5.69 Å². The molecule has 0 aliphatic rings. The highest BCUT2D eigenvalue weighted by Gasteiger charge is 2.40. The minimum atomic E-state index is -4.74. The number of nitrogens with zero attached hydrogens (tertiary/aromatic N) is 3. The van der Waals surface area contributed by atoms with E-state index in [-0.39, 0.29) is 18.3 Å². The smallest absolute Gasteiger partial charge is 0.350 e. The second-order valence-corrected chi connectivity index (χ2v) is 6.51. The van der Waals surface area contributed by atoms with Crippen LogP contribution in [0.15, 0.2) is 30.5 Å². The van der Waals surface area contributed by atoms with Crippen molar-refractivity contribution in [2.24, 2.45) is 0 Å². The monoisotopic (exact) mass is 402 g/mol. The molecule has 0 saturated heterocycles. The molecular weight excluding hydrogens is 381 g/mol. The fourth-order valence-corrected chi connectivity index (χ4v) is 3.00. The number of halogens is 4. The van der Waals surface area contributed by atoms with Gasteiger partial charge >= 0.3 is 6.18 Å². The second-order valence-electron chi connectivity index (χ2n) is 6.07. The molecule has 1 unspecified atom stereocenters. The molecule has 9 heteroatoms. The van der Waals surface area contributed by atoms with Gasteiger partial charge in [-0.1, -0.05) is 25.4 Å². The van der Waals surface area contributed by atoms with E-state index < -0.39 is 23.3 Å². The Morgan fingerprint density at radius 3 is 2.37 bits per heavy atom. The molecule has 0 saturated carbocycles. The van der Waals surface area contributed by atoms with Gasteiger partial charge < -0.3 is 5.32 Å². The van der Waals surface area contributed by atoms with Crippen LogP contribution in [-0.4, -0.2) is 46.3 Å². The highest BCUT2D eigenvalue weighted by atomic mass is 35.5. The van der Waals surface area contributed by atoms with Crippen LogP contribution in [-0.2, 0) is 6.18 Å². The van der Waals surface area contributed by atoms with Crippen LogP contribution in [0, 0.1) is 0 Å². The second kappa shape index (κ2) is 8.75. The lowest BCUT2D eigenvalue weighted by Crippen LogP contribution is -2.42. The normalized spacial score (nSPS) is 13.0. The van der Waals surface area contributed by atoms with Crippen LogP contribution >= 0.6 is 11.6 Å². The molecule has 148 valence electrons. The first kappa shape index (κ1) is 21.2. The molecule has 1 heterocycles. The van der Waals surface area contributed by atoms with E-state index in [1.807, 2.05) is 20.8 Å². The zero-order valence-corrected chi connectivity index (χ0v) is 16.1. The van der Waals surface area contributed by atoms with Crippen LogP contribution in [0.4, 0.5) is 13.2 Å². The molecule has 1 N–H and O–H groups in total. The number of hydrogen-bond acceptors (Lipinski definition) is 3. The van der Waals surface area contributed by atoms with Crippen LogP contribution in [0.3, 0.4) is 0 Å². The fourth-order valence-electron chi connectivity index (χ4n) is 2.88. The first-order valence-corrected chi connectivity index (χ1v) is 9.00. The summed E-state index contributed by atoms with van der Waals surface area (Å²) in [6, 6.07) is 5.75. The van der Waals surface area contributed by atoms with E-state index in [9.17, 15) is 18.0 Å². The van der Waals surface area contributed by atoms with Gasteiger partial charge in [-0.2, -0.15) is 18.3 Å². The number of aromatic nitrogens is 2. The topological polar surface area (TPSA) is 50.2 Å². The number of benzene rings is 1. The lowest BCUT2D eigenvalue weighted by atomic mass is 10.2. The molecule has 0 fully saturated rings. The van der Waals surface area contributed by atoms with Gasteiger partial charge in [-0.05, 0) is 44.3 Å². The summed E-state index contributed by atoms with van der Waals surface area (Å²) in [6.07, 6.45) is -3.80. The summed E-state index contributed by atoms with van der Waals surface area (Å²) in [5.41, 5.74) is -1.45. The third kappa shape index (κ3) is 5.01. The number of nitrogens with one attached hydrogen (secondary N) is 1. The molecule has 0 aliphatic heterocycles. The van der Waals surface area contributed by atoms with Crippen molar-refractivity contribution in [2.75, 3.05) is 19.6 Å². The van der Waals surface area contributed by atoms with Crippen molar-refractivity contribution >= 4 is 17.5 Å². The van der Waals surface area contributed by atoms with Gasteiger partial charge in [0.05, 0.1) is 17.4 Å². The van der Waals surface area contributed by atoms with Crippen molar-refractivity contribution in [3.8, 4) is 5.69 Å². The molecule has 0 aliphatic carbocycles. The molecule has 0 bridgehead atoms. The van der Waals surface area contributed by atoms with Crippen LogP contribution in [0.1, 0.15) is 36.8 Å². The Morgan fingerprint density at radius 1 is 1.26 bits per heavy atom.